The third-order valence-electron chi connectivity index (χ3n) is 4.24. The van der Waals surface area contributed by atoms with Crippen LogP contribution in [-0.4, -0.2) is 25.7 Å². The Bertz CT molecular complexity index is 638. The number of hydrogen-bond donors (Lipinski definition) is 2. The maximum Gasteiger partial charge on any atom is 0.138 e. The summed E-state index contributed by atoms with van der Waals surface area (Å²) in [5, 5.41) is 10.7. The molecule has 1 aromatic heterocycles. The molecule has 1 heterocycles. The molecule has 3 N–H and O–H groups in total. The minimum absolute atomic E-state index is 0.424. The molecule has 0 radical (unpaired) electrons. The highest BCUT2D eigenvalue weighted by Crippen LogP contribution is 2.41. The van der Waals surface area contributed by atoms with Crippen molar-refractivity contribution in [2.24, 2.45) is 0 Å². The van der Waals surface area contributed by atoms with Crippen molar-refractivity contribution in [3.63, 3.8) is 0 Å². The molecule has 0 saturated heterocycles. The van der Waals surface area contributed by atoms with Gasteiger partial charge in [0, 0.05) is 17.0 Å². The molecule has 0 amide bonds. The van der Waals surface area contributed by atoms with Gasteiger partial charge in [-0.25, -0.2) is 4.98 Å². The van der Waals surface area contributed by atoms with Gasteiger partial charge in [-0.05, 0) is 43.7 Å². The highest BCUT2D eigenvalue weighted by atomic mass is 32.2. The van der Waals surface area contributed by atoms with Crippen molar-refractivity contribution in [3.05, 3.63) is 24.0 Å². The van der Waals surface area contributed by atoms with Gasteiger partial charge in [0.2, 0.25) is 0 Å². The van der Waals surface area contributed by atoms with E-state index in [9.17, 15) is 5.11 Å². The fraction of sp³-hybridized carbons (Fsp3) is 0.562. The first-order valence-electron chi connectivity index (χ1n) is 7.68. The summed E-state index contributed by atoms with van der Waals surface area (Å²) in [6.07, 6.45) is 3.09. The number of rotatable bonds is 4. The number of fused-ring (bicyclic) bond motifs is 1. The summed E-state index contributed by atoms with van der Waals surface area (Å²) in [4.78, 5) is 4.64. The largest absolute Gasteiger partial charge is 0.399 e. The van der Waals surface area contributed by atoms with Gasteiger partial charge in [0.15, 0.2) is 0 Å². The zero-order valence-corrected chi connectivity index (χ0v) is 13.4. The van der Waals surface area contributed by atoms with Crippen molar-refractivity contribution < 1.29 is 5.11 Å². The molecule has 1 fully saturated rings. The number of nitrogens with zero attached hydrogens (tertiary/aromatic N) is 2. The molecule has 0 bridgehead atoms. The first-order valence-corrected chi connectivity index (χ1v) is 8.73. The van der Waals surface area contributed by atoms with Gasteiger partial charge >= 0.3 is 0 Å². The van der Waals surface area contributed by atoms with Crippen molar-refractivity contribution >= 4 is 28.5 Å². The summed E-state index contributed by atoms with van der Waals surface area (Å²) in [5.74, 6) is 1.90. The van der Waals surface area contributed by atoms with Crippen LogP contribution in [0.1, 0.15) is 51.1 Å². The zero-order valence-electron chi connectivity index (χ0n) is 12.6. The van der Waals surface area contributed by atoms with Gasteiger partial charge < -0.3 is 15.4 Å². The fourth-order valence-electron chi connectivity index (χ4n) is 3.39. The molecule has 2 aromatic rings. The van der Waals surface area contributed by atoms with Gasteiger partial charge in [0.05, 0.1) is 11.0 Å². The van der Waals surface area contributed by atoms with E-state index >= 15 is 0 Å². The van der Waals surface area contributed by atoms with E-state index in [1.165, 1.54) is 12.8 Å². The van der Waals surface area contributed by atoms with E-state index in [1.807, 2.05) is 30.0 Å². The minimum Gasteiger partial charge on any atom is -0.399 e. The summed E-state index contributed by atoms with van der Waals surface area (Å²) < 4.78 is 2.26. The molecule has 0 aliphatic heterocycles. The van der Waals surface area contributed by atoms with Crippen LogP contribution in [-0.2, 0) is 0 Å². The van der Waals surface area contributed by atoms with Gasteiger partial charge in [0.1, 0.15) is 11.9 Å². The van der Waals surface area contributed by atoms with Gasteiger partial charge in [-0.1, -0.05) is 13.3 Å². The van der Waals surface area contributed by atoms with Crippen molar-refractivity contribution in [1.82, 2.24) is 9.55 Å². The molecule has 0 spiro atoms. The number of benzene rings is 1. The average Bonchev–Trinajstić information content (AvgIpc) is 3.02. The first-order chi connectivity index (χ1) is 10.1. The molecule has 3 unspecified atom stereocenters. The summed E-state index contributed by atoms with van der Waals surface area (Å²) in [6.45, 7) is 4.00. The number of nitrogens with two attached hydrogens (primary N) is 1. The van der Waals surface area contributed by atoms with E-state index in [4.69, 9.17) is 5.73 Å². The molecule has 21 heavy (non-hydrogen) atoms. The lowest BCUT2D eigenvalue weighted by molar-refractivity contribution is 0.181. The molecule has 3 rings (SSSR count). The Labute approximate surface area is 129 Å². The second-order valence-electron chi connectivity index (χ2n) is 5.76. The maximum atomic E-state index is 10.1. The Morgan fingerprint density at radius 2 is 2.29 bits per heavy atom. The Balaban J connectivity index is 2.13. The van der Waals surface area contributed by atoms with Crippen LogP contribution in [0.3, 0.4) is 0 Å². The number of aliphatic hydroxyl groups excluding tert-OH is 1. The summed E-state index contributed by atoms with van der Waals surface area (Å²) >= 11 is 2.02. The van der Waals surface area contributed by atoms with Crippen LogP contribution in [0.4, 0.5) is 5.69 Å². The SMILES string of the molecule is CCSC1CCCC1n1c(C(C)O)nc2cc(N)ccc21. The minimum atomic E-state index is -0.563. The maximum absolute atomic E-state index is 10.1. The second kappa shape index (κ2) is 5.89. The molecule has 4 nitrogen and oxygen atoms in total. The van der Waals surface area contributed by atoms with Gasteiger partial charge in [-0.15, -0.1) is 0 Å². The quantitative estimate of drug-likeness (QED) is 0.848. The van der Waals surface area contributed by atoms with Crippen molar-refractivity contribution in [1.29, 1.82) is 0 Å². The van der Waals surface area contributed by atoms with Crippen LogP contribution in [0.2, 0.25) is 0 Å². The lowest BCUT2D eigenvalue weighted by Crippen LogP contribution is -2.19. The third kappa shape index (κ3) is 2.64. The normalized spacial score (nSPS) is 23.8. The number of aromatic nitrogens is 2. The van der Waals surface area contributed by atoms with Crippen LogP contribution in [0.5, 0.6) is 0 Å². The van der Waals surface area contributed by atoms with E-state index in [-0.39, 0.29) is 0 Å². The molecule has 1 saturated carbocycles. The van der Waals surface area contributed by atoms with E-state index in [0.717, 1.165) is 34.7 Å². The molecular formula is C16H23N3OS. The van der Waals surface area contributed by atoms with Crippen LogP contribution in [0, 0.1) is 0 Å². The highest BCUT2D eigenvalue weighted by molar-refractivity contribution is 7.99. The van der Waals surface area contributed by atoms with Gasteiger partial charge in [-0.3, -0.25) is 0 Å². The van der Waals surface area contributed by atoms with Crippen molar-refractivity contribution in [2.75, 3.05) is 11.5 Å². The predicted octanol–water partition coefficient (Wildman–Crippen LogP) is 3.52. The van der Waals surface area contributed by atoms with E-state index in [2.05, 4.69) is 16.5 Å². The molecule has 114 valence electrons. The number of nitrogen functional groups attached to an aromatic ring is 1. The smallest absolute Gasteiger partial charge is 0.138 e. The van der Waals surface area contributed by atoms with Crippen LogP contribution < -0.4 is 5.73 Å². The van der Waals surface area contributed by atoms with Crippen LogP contribution >= 0.6 is 11.8 Å². The van der Waals surface area contributed by atoms with E-state index in [1.54, 1.807) is 6.92 Å². The predicted molar refractivity (Wildman–Crippen MR) is 89.6 cm³/mol. The number of imidazole rings is 1. The summed E-state index contributed by atoms with van der Waals surface area (Å²) in [6, 6.07) is 6.28. The Kier molecular flexibility index (Phi) is 4.13. The average molecular weight is 305 g/mol. The highest BCUT2D eigenvalue weighted by Gasteiger charge is 2.32. The second-order valence-corrected chi connectivity index (χ2v) is 7.27. The molecule has 1 aromatic carbocycles. The molecule has 3 atom stereocenters. The number of aliphatic hydroxyl groups is 1. The lowest BCUT2D eigenvalue weighted by atomic mass is 10.2. The molecule has 1 aliphatic carbocycles. The van der Waals surface area contributed by atoms with Crippen molar-refractivity contribution in [3.8, 4) is 0 Å². The number of thioether (sulfide) groups is 1. The fourth-order valence-corrected chi connectivity index (χ4v) is 4.63. The van der Waals surface area contributed by atoms with E-state index < -0.39 is 6.10 Å². The Morgan fingerprint density at radius 3 is 3.00 bits per heavy atom. The molecule has 5 heteroatoms. The number of anilines is 1. The Hall–Kier alpha value is -1.20. The topological polar surface area (TPSA) is 64.1 Å². The monoisotopic (exact) mass is 305 g/mol. The lowest BCUT2D eigenvalue weighted by Gasteiger charge is -2.24. The molecule has 1 aliphatic rings. The summed E-state index contributed by atoms with van der Waals surface area (Å²) in [5.41, 5.74) is 8.57. The Morgan fingerprint density at radius 1 is 1.48 bits per heavy atom. The van der Waals surface area contributed by atoms with E-state index in [0.29, 0.717) is 11.3 Å². The summed E-state index contributed by atoms with van der Waals surface area (Å²) in [7, 11) is 0. The first kappa shape index (κ1) is 14.7. The molecular weight excluding hydrogens is 282 g/mol. The van der Waals surface area contributed by atoms with Gasteiger partial charge in [-0.2, -0.15) is 11.8 Å². The standard InChI is InChI=1S/C16H23N3OS/c1-3-21-15-6-4-5-14(15)19-13-8-7-11(17)9-12(13)18-16(19)10(2)20/h7-10,14-15,20H,3-6,17H2,1-2H3. The van der Waals surface area contributed by atoms with Crippen molar-refractivity contribution in [2.45, 2.75) is 50.5 Å². The van der Waals surface area contributed by atoms with Crippen LogP contribution in [0.15, 0.2) is 18.2 Å². The van der Waals surface area contributed by atoms with Crippen LogP contribution in [0.25, 0.3) is 11.0 Å². The zero-order chi connectivity index (χ0) is 15.0. The number of hydrogen-bond acceptors (Lipinski definition) is 4. The third-order valence-corrected chi connectivity index (χ3v) is 5.56. The van der Waals surface area contributed by atoms with Gasteiger partial charge in [0.25, 0.3) is 0 Å².